The first-order valence-corrected chi connectivity index (χ1v) is 6.02. The van der Waals surface area contributed by atoms with Gasteiger partial charge in [0.1, 0.15) is 17.6 Å². The van der Waals surface area contributed by atoms with Gasteiger partial charge < -0.3 is 26.4 Å². The molecule has 2 rings (SSSR count). The van der Waals surface area contributed by atoms with Crippen molar-refractivity contribution < 1.29 is 24.1 Å². The number of nitrogens with two attached hydrogens (primary N) is 2. The Bertz CT molecular complexity index is 636. The van der Waals surface area contributed by atoms with Crippen LogP contribution in [0.3, 0.4) is 0 Å². The zero-order valence-electron chi connectivity index (χ0n) is 11.1. The molecule has 1 amide bonds. The van der Waals surface area contributed by atoms with Gasteiger partial charge in [0, 0.05) is 0 Å². The number of aliphatic hydroxyl groups is 2. The van der Waals surface area contributed by atoms with Crippen molar-refractivity contribution in [3.63, 3.8) is 0 Å². The molecule has 0 spiro atoms. The summed E-state index contributed by atoms with van der Waals surface area (Å²) >= 11 is 0. The van der Waals surface area contributed by atoms with E-state index in [0.29, 0.717) is 10.8 Å². The number of nitrogens with zero attached hydrogens (tertiary/aromatic N) is 2. The van der Waals surface area contributed by atoms with Crippen molar-refractivity contribution in [1.29, 1.82) is 0 Å². The van der Waals surface area contributed by atoms with Gasteiger partial charge in [-0.05, 0) is 6.92 Å². The third-order valence-electron chi connectivity index (χ3n) is 3.76. The fourth-order valence-corrected chi connectivity index (χ4v) is 2.27. The molecular formula is C11H15FN4O5. The smallest absolute Gasteiger partial charge is 0.351 e. The largest absolute Gasteiger partial charge is 0.394 e. The van der Waals surface area contributed by atoms with Crippen molar-refractivity contribution in [2.75, 3.05) is 12.3 Å². The standard InChI is InChI=1S/C11H15FN4O5/c1-11(9(14)19)5(3-17)21-8(6(11)18)16-2-4(12)7(13)15-10(16)20/h2,5-6,8,17-18H,3H2,1H3,(H2,14,19)(H2,13,15,20)/t5-,6+,8-,11+/m1/s1. The fourth-order valence-electron chi connectivity index (χ4n) is 2.27. The monoisotopic (exact) mass is 302 g/mol. The van der Waals surface area contributed by atoms with E-state index in [9.17, 15) is 24.2 Å². The average molecular weight is 302 g/mol. The van der Waals surface area contributed by atoms with Crippen molar-refractivity contribution >= 4 is 11.7 Å². The number of carbonyl (C=O) groups excluding carboxylic acids is 1. The predicted molar refractivity (Wildman–Crippen MR) is 67.2 cm³/mol. The lowest BCUT2D eigenvalue weighted by atomic mass is 9.80. The van der Waals surface area contributed by atoms with Crippen LogP contribution in [-0.4, -0.2) is 44.5 Å². The number of hydrogen-bond donors (Lipinski definition) is 4. The van der Waals surface area contributed by atoms with Crippen LogP contribution < -0.4 is 17.2 Å². The highest BCUT2D eigenvalue weighted by molar-refractivity contribution is 5.82. The van der Waals surface area contributed by atoms with Gasteiger partial charge in [-0.3, -0.25) is 9.36 Å². The summed E-state index contributed by atoms with van der Waals surface area (Å²) < 4.78 is 19.4. The van der Waals surface area contributed by atoms with E-state index in [1.54, 1.807) is 0 Å². The summed E-state index contributed by atoms with van der Waals surface area (Å²) in [5.74, 6) is -2.51. The summed E-state index contributed by atoms with van der Waals surface area (Å²) in [7, 11) is 0. The molecule has 0 aromatic carbocycles. The summed E-state index contributed by atoms with van der Waals surface area (Å²) in [5, 5.41) is 19.5. The van der Waals surface area contributed by atoms with Gasteiger partial charge in [0.2, 0.25) is 5.91 Å². The number of rotatable bonds is 3. The highest BCUT2D eigenvalue weighted by Gasteiger charge is 2.57. The molecule has 1 aromatic rings. The first kappa shape index (κ1) is 15.4. The Kier molecular flexibility index (Phi) is 3.70. The van der Waals surface area contributed by atoms with Crippen LogP contribution in [0.2, 0.25) is 0 Å². The number of aliphatic hydroxyl groups excluding tert-OH is 2. The molecule has 4 atom stereocenters. The quantitative estimate of drug-likeness (QED) is 0.490. The number of hydrogen-bond acceptors (Lipinski definition) is 7. The number of primary amides is 1. The van der Waals surface area contributed by atoms with Gasteiger partial charge in [0.15, 0.2) is 17.9 Å². The second-order valence-corrected chi connectivity index (χ2v) is 4.95. The van der Waals surface area contributed by atoms with Crippen molar-refractivity contribution in [3.8, 4) is 0 Å². The van der Waals surface area contributed by atoms with E-state index in [4.69, 9.17) is 16.2 Å². The van der Waals surface area contributed by atoms with Crippen LogP contribution in [0.4, 0.5) is 10.2 Å². The van der Waals surface area contributed by atoms with E-state index in [0.717, 1.165) is 0 Å². The van der Waals surface area contributed by atoms with Gasteiger partial charge in [-0.1, -0.05) is 0 Å². The molecule has 21 heavy (non-hydrogen) atoms. The van der Waals surface area contributed by atoms with Gasteiger partial charge >= 0.3 is 5.69 Å². The highest BCUT2D eigenvalue weighted by Crippen LogP contribution is 2.42. The number of aromatic nitrogens is 2. The maximum atomic E-state index is 13.4. The van der Waals surface area contributed by atoms with Crippen LogP contribution in [0.25, 0.3) is 0 Å². The molecule has 1 aliphatic rings. The lowest BCUT2D eigenvalue weighted by Crippen LogP contribution is -2.50. The molecular weight excluding hydrogens is 287 g/mol. The molecule has 1 saturated heterocycles. The van der Waals surface area contributed by atoms with Gasteiger partial charge in [-0.2, -0.15) is 4.98 Å². The van der Waals surface area contributed by atoms with Crippen LogP contribution in [0.1, 0.15) is 13.2 Å². The van der Waals surface area contributed by atoms with Crippen LogP contribution in [0.15, 0.2) is 11.0 Å². The van der Waals surface area contributed by atoms with Crippen molar-refractivity contribution in [2.24, 2.45) is 11.1 Å². The van der Waals surface area contributed by atoms with Crippen LogP contribution >= 0.6 is 0 Å². The average Bonchev–Trinajstić information content (AvgIpc) is 2.68. The minimum Gasteiger partial charge on any atom is -0.394 e. The molecule has 9 nitrogen and oxygen atoms in total. The van der Waals surface area contributed by atoms with E-state index < -0.39 is 53.7 Å². The SMILES string of the molecule is C[C@]1(C(N)=O)[C@@H](CO)O[C@@H](n2cc(F)c(N)nc2=O)[C@@H]1O. The molecule has 1 aliphatic heterocycles. The van der Waals surface area contributed by atoms with E-state index in [1.807, 2.05) is 0 Å². The Morgan fingerprint density at radius 2 is 2.29 bits per heavy atom. The van der Waals surface area contributed by atoms with Crippen LogP contribution in [0, 0.1) is 11.2 Å². The first-order chi connectivity index (χ1) is 9.73. The highest BCUT2D eigenvalue weighted by atomic mass is 19.1. The third-order valence-corrected chi connectivity index (χ3v) is 3.76. The number of amides is 1. The van der Waals surface area contributed by atoms with Crippen molar-refractivity contribution in [2.45, 2.75) is 25.4 Å². The Balaban J connectivity index is 2.50. The Morgan fingerprint density at radius 1 is 1.67 bits per heavy atom. The van der Waals surface area contributed by atoms with Gasteiger partial charge in [0.25, 0.3) is 0 Å². The molecule has 0 unspecified atom stereocenters. The zero-order chi connectivity index (χ0) is 15.9. The summed E-state index contributed by atoms with van der Waals surface area (Å²) in [6.45, 7) is 0.666. The maximum absolute atomic E-state index is 13.4. The Labute approximate surface area is 117 Å². The number of anilines is 1. The molecule has 2 heterocycles. The number of carbonyl (C=O) groups is 1. The van der Waals surface area contributed by atoms with Gasteiger partial charge in [-0.15, -0.1) is 0 Å². The molecule has 0 saturated carbocycles. The molecule has 10 heteroatoms. The van der Waals surface area contributed by atoms with Crippen molar-refractivity contribution in [1.82, 2.24) is 9.55 Å². The van der Waals surface area contributed by atoms with Crippen LogP contribution in [-0.2, 0) is 9.53 Å². The minimum atomic E-state index is -1.64. The zero-order valence-corrected chi connectivity index (χ0v) is 11.1. The summed E-state index contributed by atoms with van der Waals surface area (Å²) in [6, 6.07) is 0. The normalized spacial score (nSPS) is 32.3. The molecule has 6 N–H and O–H groups in total. The summed E-state index contributed by atoms with van der Waals surface area (Å²) in [5.41, 5.74) is 7.78. The first-order valence-electron chi connectivity index (χ1n) is 6.02. The number of ether oxygens (including phenoxy) is 1. The van der Waals surface area contributed by atoms with Gasteiger partial charge in [-0.25, -0.2) is 9.18 Å². The number of nitrogen functional groups attached to an aromatic ring is 1. The minimum absolute atomic E-state index is 0.597. The lowest BCUT2D eigenvalue weighted by Gasteiger charge is -2.27. The molecule has 0 bridgehead atoms. The third kappa shape index (κ3) is 2.17. The Morgan fingerprint density at radius 3 is 2.76 bits per heavy atom. The van der Waals surface area contributed by atoms with Crippen molar-refractivity contribution in [3.05, 3.63) is 22.5 Å². The summed E-state index contributed by atoms with van der Waals surface area (Å²) in [6.07, 6.45) is -3.44. The Hall–Kier alpha value is -2.04. The second kappa shape index (κ2) is 5.06. The topological polar surface area (TPSA) is 154 Å². The van der Waals surface area contributed by atoms with Crippen LogP contribution in [0.5, 0.6) is 0 Å². The molecule has 116 valence electrons. The van der Waals surface area contributed by atoms with Gasteiger partial charge in [0.05, 0.1) is 12.8 Å². The summed E-state index contributed by atoms with van der Waals surface area (Å²) in [4.78, 5) is 26.5. The van der Waals surface area contributed by atoms with E-state index in [-0.39, 0.29) is 0 Å². The molecule has 1 fully saturated rings. The molecule has 0 aliphatic carbocycles. The van der Waals surface area contributed by atoms with E-state index in [2.05, 4.69) is 4.98 Å². The predicted octanol–water partition coefficient (Wildman–Crippen LogP) is -2.29. The maximum Gasteiger partial charge on any atom is 0.351 e. The number of halogens is 1. The fraction of sp³-hybridized carbons (Fsp3) is 0.545. The second-order valence-electron chi connectivity index (χ2n) is 4.95. The lowest BCUT2D eigenvalue weighted by molar-refractivity contribution is -0.135. The molecule has 1 aromatic heterocycles. The van der Waals surface area contributed by atoms with E-state index >= 15 is 0 Å². The van der Waals surface area contributed by atoms with E-state index in [1.165, 1.54) is 6.92 Å². The molecule has 0 radical (unpaired) electrons.